The van der Waals surface area contributed by atoms with Crippen molar-refractivity contribution in [2.75, 3.05) is 6.54 Å². The molecule has 162 valence electrons. The van der Waals surface area contributed by atoms with Crippen LogP contribution in [0, 0.1) is 0 Å². The van der Waals surface area contributed by atoms with Gasteiger partial charge < -0.3 is 5.32 Å². The van der Waals surface area contributed by atoms with Crippen molar-refractivity contribution in [1.82, 2.24) is 20.0 Å². The highest BCUT2D eigenvalue weighted by atomic mass is 16.2. The van der Waals surface area contributed by atoms with E-state index in [0.717, 1.165) is 30.6 Å². The number of carbonyl (C=O) groups is 3. The van der Waals surface area contributed by atoms with Crippen LogP contribution in [0.25, 0.3) is 10.8 Å². The number of benzene rings is 2. The molecule has 0 bridgehead atoms. The van der Waals surface area contributed by atoms with Gasteiger partial charge in [0.1, 0.15) is 6.54 Å². The van der Waals surface area contributed by atoms with Gasteiger partial charge in [0, 0.05) is 5.39 Å². The molecule has 0 unspecified atom stereocenters. The van der Waals surface area contributed by atoms with Crippen molar-refractivity contribution >= 4 is 28.5 Å². The van der Waals surface area contributed by atoms with Gasteiger partial charge in [-0.05, 0) is 31.0 Å². The molecule has 1 aromatic heterocycles. The molecule has 0 saturated heterocycles. The lowest BCUT2D eigenvalue weighted by Gasteiger charge is -2.17. The summed E-state index contributed by atoms with van der Waals surface area (Å²) in [4.78, 5) is 51.5. The second-order valence-electron chi connectivity index (χ2n) is 8.20. The molecule has 5 rings (SSSR count). The van der Waals surface area contributed by atoms with Crippen LogP contribution in [0.3, 0.4) is 0 Å². The van der Waals surface area contributed by atoms with Crippen LogP contribution in [-0.2, 0) is 11.3 Å². The van der Waals surface area contributed by atoms with E-state index in [-0.39, 0.29) is 24.7 Å². The maximum absolute atomic E-state index is 12.9. The van der Waals surface area contributed by atoms with Crippen LogP contribution in [0.4, 0.5) is 0 Å². The maximum atomic E-state index is 12.9. The van der Waals surface area contributed by atoms with Crippen molar-refractivity contribution in [3.05, 3.63) is 75.7 Å². The fourth-order valence-corrected chi connectivity index (χ4v) is 4.57. The summed E-state index contributed by atoms with van der Waals surface area (Å²) >= 11 is 0. The summed E-state index contributed by atoms with van der Waals surface area (Å²) in [6, 6.07) is 13.8. The number of hydrogen-bond acceptors (Lipinski definition) is 5. The lowest BCUT2D eigenvalue weighted by Crippen LogP contribution is -2.40. The first-order chi connectivity index (χ1) is 15.5. The molecule has 3 amide bonds. The maximum Gasteiger partial charge on any atom is 0.274 e. The van der Waals surface area contributed by atoms with Gasteiger partial charge in [0.05, 0.1) is 34.8 Å². The molecule has 2 aliphatic rings. The summed E-state index contributed by atoms with van der Waals surface area (Å²) < 4.78 is 1.56. The van der Waals surface area contributed by atoms with E-state index in [4.69, 9.17) is 0 Å². The highest BCUT2D eigenvalue weighted by Gasteiger charge is 2.36. The molecule has 8 nitrogen and oxygen atoms in total. The van der Waals surface area contributed by atoms with E-state index < -0.39 is 17.7 Å². The highest BCUT2D eigenvalue weighted by molar-refractivity contribution is 6.22. The monoisotopic (exact) mass is 430 g/mol. The number of fused-ring (bicyclic) bond motifs is 2. The summed E-state index contributed by atoms with van der Waals surface area (Å²) in [6.45, 7) is -0.276. The molecule has 1 aliphatic heterocycles. The number of amides is 3. The zero-order valence-corrected chi connectivity index (χ0v) is 17.4. The number of aromatic nitrogens is 2. The number of imide groups is 1. The van der Waals surface area contributed by atoms with Crippen molar-refractivity contribution in [1.29, 1.82) is 0 Å². The minimum Gasteiger partial charge on any atom is -0.349 e. The average Bonchev–Trinajstić information content (AvgIpc) is 3.43. The van der Waals surface area contributed by atoms with Gasteiger partial charge in [0.15, 0.2) is 0 Å². The standard InChI is InChI=1S/C24H22N4O4/c29-21(14-27-22(30)18-11-5-6-12-19(18)23(27)31)25-13-20-16-9-3-4-10-17(16)24(32)28(26-20)15-7-1-2-8-15/h3-6,9-12,15H,1-2,7-8,13-14H2,(H,25,29). The Labute approximate surface area is 183 Å². The molecule has 1 saturated carbocycles. The van der Waals surface area contributed by atoms with E-state index in [1.807, 2.05) is 18.2 Å². The van der Waals surface area contributed by atoms with Gasteiger partial charge in [0.2, 0.25) is 5.91 Å². The molecule has 8 heteroatoms. The molecule has 2 aromatic carbocycles. The smallest absolute Gasteiger partial charge is 0.274 e. The Bertz CT molecular complexity index is 1270. The van der Waals surface area contributed by atoms with Gasteiger partial charge in [0.25, 0.3) is 17.4 Å². The summed E-state index contributed by atoms with van der Waals surface area (Å²) in [5.41, 5.74) is 1.08. The van der Waals surface area contributed by atoms with Crippen LogP contribution in [0.1, 0.15) is 58.1 Å². The lowest BCUT2D eigenvalue weighted by molar-refractivity contribution is -0.121. The summed E-state index contributed by atoms with van der Waals surface area (Å²) in [5.74, 6) is -1.41. The summed E-state index contributed by atoms with van der Waals surface area (Å²) in [7, 11) is 0. The van der Waals surface area contributed by atoms with Crippen LogP contribution >= 0.6 is 0 Å². The molecule has 1 fully saturated rings. The minimum absolute atomic E-state index is 0.0694. The van der Waals surface area contributed by atoms with Crippen molar-refractivity contribution in [3.8, 4) is 0 Å². The number of nitrogens with zero attached hydrogens (tertiary/aromatic N) is 3. The van der Waals surface area contributed by atoms with E-state index >= 15 is 0 Å². The van der Waals surface area contributed by atoms with E-state index in [0.29, 0.717) is 27.6 Å². The fourth-order valence-electron chi connectivity index (χ4n) is 4.57. The quantitative estimate of drug-likeness (QED) is 0.627. The fraction of sp³-hybridized carbons (Fsp3) is 0.292. The van der Waals surface area contributed by atoms with Crippen LogP contribution in [0.2, 0.25) is 0 Å². The lowest BCUT2D eigenvalue weighted by atomic mass is 10.1. The highest BCUT2D eigenvalue weighted by Crippen LogP contribution is 2.28. The zero-order chi connectivity index (χ0) is 22.2. The molecule has 1 N–H and O–H groups in total. The molecular formula is C24H22N4O4. The Kier molecular flexibility index (Phi) is 5.05. The molecule has 2 heterocycles. The van der Waals surface area contributed by atoms with Gasteiger partial charge in [-0.1, -0.05) is 43.2 Å². The molecular weight excluding hydrogens is 408 g/mol. The van der Waals surface area contributed by atoms with Gasteiger partial charge in [-0.3, -0.25) is 24.1 Å². The van der Waals surface area contributed by atoms with Crippen LogP contribution < -0.4 is 10.9 Å². The Morgan fingerprint density at radius 1 is 0.906 bits per heavy atom. The topological polar surface area (TPSA) is 101 Å². The van der Waals surface area contributed by atoms with E-state index in [2.05, 4.69) is 10.4 Å². The molecule has 1 aliphatic carbocycles. The Morgan fingerprint density at radius 3 is 2.16 bits per heavy atom. The van der Waals surface area contributed by atoms with E-state index in [1.54, 1.807) is 35.0 Å². The summed E-state index contributed by atoms with van der Waals surface area (Å²) in [6.07, 6.45) is 3.96. The first-order valence-electron chi connectivity index (χ1n) is 10.8. The molecule has 0 radical (unpaired) electrons. The second-order valence-corrected chi connectivity index (χ2v) is 8.20. The Balaban J connectivity index is 1.36. The van der Waals surface area contributed by atoms with Crippen LogP contribution in [0.15, 0.2) is 53.3 Å². The van der Waals surface area contributed by atoms with Crippen molar-refractivity contribution in [3.63, 3.8) is 0 Å². The first-order valence-corrected chi connectivity index (χ1v) is 10.8. The average molecular weight is 430 g/mol. The van der Waals surface area contributed by atoms with Crippen LogP contribution in [-0.4, -0.2) is 38.9 Å². The minimum atomic E-state index is -0.473. The number of hydrogen-bond donors (Lipinski definition) is 1. The van der Waals surface area contributed by atoms with Crippen molar-refractivity contribution < 1.29 is 14.4 Å². The van der Waals surface area contributed by atoms with Gasteiger partial charge >= 0.3 is 0 Å². The Hall–Kier alpha value is -3.81. The predicted molar refractivity (Wildman–Crippen MR) is 117 cm³/mol. The number of nitrogens with one attached hydrogen (secondary N) is 1. The van der Waals surface area contributed by atoms with Crippen molar-refractivity contribution in [2.24, 2.45) is 0 Å². The largest absolute Gasteiger partial charge is 0.349 e. The third-order valence-corrected chi connectivity index (χ3v) is 6.21. The second kappa shape index (κ2) is 8.03. The van der Waals surface area contributed by atoms with Gasteiger partial charge in [-0.25, -0.2) is 4.68 Å². The predicted octanol–water partition coefficient (Wildman–Crippen LogP) is 2.42. The molecule has 32 heavy (non-hydrogen) atoms. The zero-order valence-electron chi connectivity index (χ0n) is 17.4. The van der Waals surface area contributed by atoms with E-state index in [9.17, 15) is 19.2 Å². The van der Waals surface area contributed by atoms with Gasteiger partial charge in [-0.2, -0.15) is 5.10 Å². The first kappa shape index (κ1) is 20.1. The molecule has 0 spiro atoms. The summed E-state index contributed by atoms with van der Waals surface area (Å²) in [5, 5.41) is 8.61. The van der Waals surface area contributed by atoms with Gasteiger partial charge in [-0.15, -0.1) is 0 Å². The third-order valence-electron chi connectivity index (χ3n) is 6.21. The normalized spacial score (nSPS) is 16.1. The van der Waals surface area contributed by atoms with Crippen LogP contribution in [0.5, 0.6) is 0 Å². The number of carbonyl (C=O) groups excluding carboxylic acids is 3. The molecule has 3 aromatic rings. The Morgan fingerprint density at radius 2 is 1.50 bits per heavy atom. The SMILES string of the molecule is O=C(CN1C(=O)c2ccccc2C1=O)NCc1nn(C2CCCC2)c(=O)c2ccccc12. The third kappa shape index (κ3) is 3.37. The number of rotatable bonds is 5. The van der Waals surface area contributed by atoms with E-state index in [1.165, 1.54) is 0 Å². The van der Waals surface area contributed by atoms with Crippen molar-refractivity contribution in [2.45, 2.75) is 38.3 Å². The molecule has 0 atom stereocenters.